The zero-order valence-corrected chi connectivity index (χ0v) is 10.2. The lowest BCUT2D eigenvalue weighted by atomic mass is 10.1. The van der Waals surface area contributed by atoms with Gasteiger partial charge in [0, 0.05) is 30.6 Å². The molecule has 0 unspecified atom stereocenters. The first-order valence-electron chi connectivity index (χ1n) is 5.05. The summed E-state index contributed by atoms with van der Waals surface area (Å²) in [6.45, 7) is 0. The quantitative estimate of drug-likeness (QED) is 0.840. The Morgan fingerprint density at radius 3 is 2.78 bits per heavy atom. The molecule has 0 saturated heterocycles. The molecule has 0 spiro atoms. The molecule has 0 saturated carbocycles. The molecular weight excluding hydrogens is 256 g/mol. The van der Waals surface area contributed by atoms with Gasteiger partial charge in [0.15, 0.2) is 0 Å². The van der Waals surface area contributed by atoms with Gasteiger partial charge in [-0.05, 0) is 12.1 Å². The minimum atomic E-state index is -1.18. The summed E-state index contributed by atoms with van der Waals surface area (Å²) >= 11 is 5.82. The second kappa shape index (κ2) is 4.62. The molecular formula is C12H9ClN2O3. The number of carbonyl (C=O) groups is 1. The maximum atomic E-state index is 12.0. The fraction of sp³-hybridized carbons (Fsp3) is 0.0833. The summed E-state index contributed by atoms with van der Waals surface area (Å²) in [6, 6.07) is 4.62. The molecule has 0 aliphatic carbocycles. The molecule has 0 aliphatic heterocycles. The summed E-state index contributed by atoms with van der Waals surface area (Å²) in [7, 11) is 1.43. The van der Waals surface area contributed by atoms with Gasteiger partial charge in [-0.15, -0.1) is 0 Å². The predicted molar refractivity (Wildman–Crippen MR) is 66.9 cm³/mol. The standard InChI is InChI=1S/C12H9ClN2O3/c1-15-10(13)9(12(17)18)5-8(11(15)16)7-3-2-4-14-6-7/h2-6H,1H3,(H,17,18). The van der Waals surface area contributed by atoms with Crippen molar-refractivity contribution in [2.75, 3.05) is 0 Å². The highest BCUT2D eigenvalue weighted by Gasteiger charge is 2.16. The topological polar surface area (TPSA) is 72.2 Å². The Morgan fingerprint density at radius 1 is 1.50 bits per heavy atom. The highest BCUT2D eigenvalue weighted by molar-refractivity contribution is 6.32. The molecule has 0 amide bonds. The van der Waals surface area contributed by atoms with Crippen LogP contribution < -0.4 is 5.56 Å². The third-order valence-corrected chi connectivity index (χ3v) is 3.00. The third-order valence-electron chi connectivity index (χ3n) is 2.54. The van der Waals surface area contributed by atoms with E-state index < -0.39 is 5.97 Å². The van der Waals surface area contributed by atoms with E-state index in [0.29, 0.717) is 5.56 Å². The second-order valence-electron chi connectivity index (χ2n) is 3.67. The van der Waals surface area contributed by atoms with E-state index in [-0.39, 0.29) is 21.8 Å². The van der Waals surface area contributed by atoms with Crippen LogP contribution in [0.3, 0.4) is 0 Å². The van der Waals surface area contributed by atoms with Crippen LogP contribution in [0.5, 0.6) is 0 Å². The van der Waals surface area contributed by atoms with Gasteiger partial charge in [-0.3, -0.25) is 9.78 Å². The number of aromatic carboxylic acids is 1. The van der Waals surface area contributed by atoms with Crippen molar-refractivity contribution in [3.63, 3.8) is 0 Å². The average molecular weight is 265 g/mol. The molecule has 2 aromatic heterocycles. The smallest absolute Gasteiger partial charge is 0.338 e. The molecule has 5 nitrogen and oxygen atoms in total. The van der Waals surface area contributed by atoms with Crippen LogP contribution in [0.4, 0.5) is 0 Å². The van der Waals surface area contributed by atoms with Crippen LogP contribution in [-0.2, 0) is 7.05 Å². The number of hydrogen-bond donors (Lipinski definition) is 1. The molecule has 0 fully saturated rings. The van der Waals surface area contributed by atoms with E-state index in [0.717, 1.165) is 4.57 Å². The van der Waals surface area contributed by atoms with Gasteiger partial charge in [0.2, 0.25) is 0 Å². The van der Waals surface area contributed by atoms with Crippen LogP contribution in [0.15, 0.2) is 35.4 Å². The average Bonchev–Trinajstić information content (AvgIpc) is 2.37. The first-order chi connectivity index (χ1) is 8.52. The predicted octanol–water partition coefficient (Wildman–Crippen LogP) is 1.80. The van der Waals surface area contributed by atoms with Crippen LogP contribution in [0.2, 0.25) is 5.15 Å². The van der Waals surface area contributed by atoms with E-state index in [1.807, 2.05) is 0 Å². The number of carboxylic acid groups (broad SMARTS) is 1. The fourth-order valence-electron chi connectivity index (χ4n) is 1.60. The Kier molecular flexibility index (Phi) is 3.16. The van der Waals surface area contributed by atoms with Crippen molar-refractivity contribution >= 4 is 17.6 Å². The normalized spacial score (nSPS) is 10.3. The Balaban J connectivity index is 2.77. The molecule has 0 atom stereocenters. The van der Waals surface area contributed by atoms with Crippen LogP contribution >= 0.6 is 11.6 Å². The van der Waals surface area contributed by atoms with E-state index in [2.05, 4.69) is 4.98 Å². The maximum Gasteiger partial charge on any atom is 0.338 e. The summed E-state index contributed by atoms with van der Waals surface area (Å²) < 4.78 is 1.10. The Labute approximate surface area is 107 Å². The first-order valence-corrected chi connectivity index (χ1v) is 5.43. The number of rotatable bonds is 2. The second-order valence-corrected chi connectivity index (χ2v) is 4.03. The van der Waals surface area contributed by atoms with E-state index >= 15 is 0 Å². The van der Waals surface area contributed by atoms with Gasteiger partial charge >= 0.3 is 5.97 Å². The Bertz CT molecular complexity index is 665. The lowest BCUT2D eigenvalue weighted by Gasteiger charge is -2.08. The SMILES string of the molecule is Cn1c(Cl)c(C(=O)O)cc(-c2cccnc2)c1=O. The summed E-state index contributed by atoms with van der Waals surface area (Å²) in [6.07, 6.45) is 3.07. The minimum Gasteiger partial charge on any atom is -0.478 e. The van der Waals surface area contributed by atoms with Crippen LogP contribution in [0, 0.1) is 0 Å². The van der Waals surface area contributed by atoms with Gasteiger partial charge in [-0.1, -0.05) is 17.7 Å². The van der Waals surface area contributed by atoms with Crippen molar-refractivity contribution < 1.29 is 9.90 Å². The molecule has 1 N–H and O–H groups in total. The van der Waals surface area contributed by atoms with Gasteiger partial charge in [0.05, 0.1) is 5.56 Å². The molecule has 2 aromatic rings. The largest absolute Gasteiger partial charge is 0.478 e. The molecule has 2 rings (SSSR count). The van der Waals surface area contributed by atoms with Crippen molar-refractivity contribution in [1.82, 2.24) is 9.55 Å². The number of carboxylic acids is 1. The third kappa shape index (κ3) is 2.00. The van der Waals surface area contributed by atoms with Crippen molar-refractivity contribution in [3.05, 3.63) is 51.7 Å². The van der Waals surface area contributed by atoms with Crippen molar-refractivity contribution in [2.24, 2.45) is 7.05 Å². The maximum absolute atomic E-state index is 12.0. The van der Waals surface area contributed by atoms with Gasteiger partial charge < -0.3 is 9.67 Å². The van der Waals surface area contributed by atoms with Crippen LogP contribution in [0.25, 0.3) is 11.1 Å². The molecule has 0 radical (unpaired) electrons. The van der Waals surface area contributed by atoms with Gasteiger partial charge in [-0.2, -0.15) is 0 Å². The number of nitrogens with zero attached hydrogens (tertiary/aromatic N) is 2. The molecule has 92 valence electrons. The van der Waals surface area contributed by atoms with Gasteiger partial charge in [0.1, 0.15) is 5.15 Å². The summed E-state index contributed by atoms with van der Waals surface area (Å²) in [4.78, 5) is 27.0. The molecule has 2 heterocycles. The zero-order chi connectivity index (χ0) is 13.3. The first kappa shape index (κ1) is 12.3. The highest BCUT2D eigenvalue weighted by atomic mass is 35.5. The molecule has 18 heavy (non-hydrogen) atoms. The zero-order valence-electron chi connectivity index (χ0n) is 9.42. The Morgan fingerprint density at radius 2 is 2.22 bits per heavy atom. The number of aromatic nitrogens is 2. The Hall–Kier alpha value is -2.14. The lowest BCUT2D eigenvalue weighted by molar-refractivity contribution is 0.0696. The molecule has 0 aliphatic rings. The van der Waals surface area contributed by atoms with Crippen LogP contribution in [0.1, 0.15) is 10.4 Å². The molecule has 6 heteroatoms. The van der Waals surface area contributed by atoms with Crippen molar-refractivity contribution in [1.29, 1.82) is 0 Å². The van der Waals surface area contributed by atoms with Gasteiger partial charge in [-0.25, -0.2) is 4.79 Å². The minimum absolute atomic E-state index is 0.0971. The van der Waals surface area contributed by atoms with Crippen molar-refractivity contribution in [2.45, 2.75) is 0 Å². The van der Waals surface area contributed by atoms with E-state index in [1.54, 1.807) is 18.3 Å². The summed E-state index contributed by atoms with van der Waals surface area (Å²) in [5, 5.41) is 8.94. The molecule has 0 bridgehead atoms. The number of hydrogen-bond acceptors (Lipinski definition) is 3. The van der Waals surface area contributed by atoms with E-state index in [9.17, 15) is 9.59 Å². The fourth-order valence-corrected chi connectivity index (χ4v) is 1.81. The van der Waals surface area contributed by atoms with Crippen LogP contribution in [-0.4, -0.2) is 20.6 Å². The summed E-state index contributed by atoms with van der Waals surface area (Å²) in [5.41, 5.74) is 0.334. The van der Waals surface area contributed by atoms with E-state index in [4.69, 9.17) is 16.7 Å². The lowest BCUT2D eigenvalue weighted by Crippen LogP contribution is -2.22. The van der Waals surface area contributed by atoms with Gasteiger partial charge in [0.25, 0.3) is 5.56 Å². The highest BCUT2D eigenvalue weighted by Crippen LogP contribution is 2.20. The summed E-state index contributed by atoms with van der Waals surface area (Å²) in [5.74, 6) is -1.18. The van der Waals surface area contributed by atoms with E-state index in [1.165, 1.54) is 19.3 Å². The number of pyridine rings is 2. The molecule has 0 aromatic carbocycles. The van der Waals surface area contributed by atoms with Crippen molar-refractivity contribution in [3.8, 4) is 11.1 Å². The monoisotopic (exact) mass is 264 g/mol. The number of halogens is 1.